The number of aliphatic imine (C=N–C) groups is 1. The van der Waals surface area contributed by atoms with Crippen LogP contribution >= 0.6 is 12.4 Å². The van der Waals surface area contributed by atoms with Crippen LogP contribution in [0.25, 0.3) is 0 Å². The largest absolute Gasteiger partial charge is 0.373 e. The van der Waals surface area contributed by atoms with Crippen molar-refractivity contribution in [1.29, 1.82) is 0 Å². The van der Waals surface area contributed by atoms with E-state index < -0.39 is 0 Å². The molecule has 0 aromatic heterocycles. The van der Waals surface area contributed by atoms with Gasteiger partial charge in [-0.2, -0.15) is 0 Å². The first kappa shape index (κ1) is 12.0. The second-order valence-electron chi connectivity index (χ2n) is 2.69. The molecule has 2 nitrogen and oxygen atoms in total. The molecule has 0 fully saturated rings. The highest BCUT2D eigenvalue weighted by atomic mass is 35.5. The van der Waals surface area contributed by atoms with Gasteiger partial charge in [-0.15, -0.1) is 12.4 Å². The molecule has 0 atom stereocenters. The molecule has 0 unspecified atom stereocenters. The summed E-state index contributed by atoms with van der Waals surface area (Å²) in [5.41, 5.74) is 2.40. The van der Waals surface area contributed by atoms with Gasteiger partial charge in [-0.05, 0) is 6.92 Å². The van der Waals surface area contributed by atoms with Gasteiger partial charge < -0.3 is 5.32 Å². The number of hydrogen-bond donors (Lipinski definition) is 1. The van der Waals surface area contributed by atoms with E-state index in [2.05, 4.69) is 41.5 Å². The normalized spacial score (nSPS) is 10.5. The number of nitrogens with one attached hydrogen (secondary N) is 1. The Bertz CT molecular complexity index is 277. The van der Waals surface area contributed by atoms with Gasteiger partial charge in [-0.1, -0.05) is 29.8 Å². The van der Waals surface area contributed by atoms with E-state index in [9.17, 15) is 0 Å². The molecule has 0 aliphatic carbocycles. The molecule has 3 heteroatoms. The topological polar surface area (TPSA) is 24.4 Å². The maximum Gasteiger partial charge on any atom is 0.127 e. The molecule has 0 aliphatic heterocycles. The van der Waals surface area contributed by atoms with E-state index in [1.165, 1.54) is 5.56 Å². The minimum absolute atomic E-state index is 0. The van der Waals surface area contributed by atoms with Crippen molar-refractivity contribution in [1.82, 2.24) is 5.32 Å². The molecular weight excluding hydrogens is 184 g/mol. The minimum atomic E-state index is 0. The fraction of sp³-hybridized carbons (Fsp3) is 0.300. The van der Waals surface area contributed by atoms with Crippen molar-refractivity contribution < 1.29 is 0 Å². The molecule has 0 heterocycles. The van der Waals surface area contributed by atoms with Gasteiger partial charge in [0, 0.05) is 19.7 Å². The molecule has 0 aliphatic rings. The van der Waals surface area contributed by atoms with Crippen LogP contribution in [-0.4, -0.2) is 19.9 Å². The van der Waals surface area contributed by atoms with Gasteiger partial charge in [-0.25, -0.2) is 0 Å². The predicted molar refractivity (Wildman–Crippen MR) is 59.9 cm³/mol. The predicted octanol–water partition coefficient (Wildman–Crippen LogP) is 2.01. The van der Waals surface area contributed by atoms with E-state index in [4.69, 9.17) is 0 Å². The minimum Gasteiger partial charge on any atom is -0.373 e. The number of hydrogen-bond acceptors (Lipinski definition) is 1. The molecule has 1 aromatic carbocycles. The molecular formula is C10H15ClN2. The van der Waals surface area contributed by atoms with Crippen molar-refractivity contribution in [2.45, 2.75) is 6.92 Å². The summed E-state index contributed by atoms with van der Waals surface area (Å²) < 4.78 is 0. The molecule has 0 radical (unpaired) electrons. The zero-order valence-corrected chi connectivity index (χ0v) is 8.98. The van der Waals surface area contributed by atoms with E-state index in [-0.39, 0.29) is 12.4 Å². The maximum atomic E-state index is 4.11. The maximum absolute atomic E-state index is 4.11. The summed E-state index contributed by atoms with van der Waals surface area (Å²) >= 11 is 0. The van der Waals surface area contributed by atoms with Crippen LogP contribution in [0.15, 0.2) is 29.3 Å². The molecule has 0 saturated heterocycles. The molecule has 1 N–H and O–H groups in total. The summed E-state index contributed by atoms with van der Waals surface area (Å²) in [5.74, 6) is 0.926. The molecule has 0 spiro atoms. The molecule has 1 aromatic rings. The van der Waals surface area contributed by atoms with E-state index in [1.54, 1.807) is 7.05 Å². The highest BCUT2D eigenvalue weighted by molar-refractivity contribution is 5.98. The highest BCUT2D eigenvalue weighted by Gasteiger charge is 1.97. The Labute approximate surface area is 85.5 Å². The van der Waals surface area contributed by atoms with Crippen molar-refractivity contribution in [3.05, 3.63) is 35.4 Å². The third-order valence-corrected chi connectivity index (χ3v) is 1.79. The van der Waals surface area contributed by atoms with Crippen LogP contribution in [0.1, 0.15) is 11.1 Å². The quantitative estimate of drug-likeness (QED) is 0.542. The molecule has 0 bridgehead atoms. The van der Waals surface area contributed by atoms with E-state index in [0.29, 0.717) is 0 Å². The lowest BCUT2D eigenvalue weighted by atomic mass is 10.1. The van der Waals surface area contributed by atoms with Crippen LogP contribution < -0.4 is 5.32 Å². The van der Waals surface area contributed by atoms with Crippen LogP contribution in [0.5, 0.6) is 0 Å². The molecule has 0 amide bonds. The summed E-state index contributed by atoms with van der Waals surface area (Å²) in [6.45, 7) is 2.08. The fourth-order valence-electron chi connectivity index (χ4n) is 1.10. The van der Waals surface area contributed by atoms with Crippen molar-refractivity contribution >= 4 is 18.2 Å². The lowest BCUT2D eigenvalue weighted by Gasteiger charge is -2.04. The Morgan fingerprint density at radius 2 is 1.77 bits per heavy atom. The Hall–Kier alpha value is -1.02. The van der Waals surface area contributed by atoms with E-state index >= 15 is 0 Å². The Morgan fingerprint density at radius 1 is 1.23 bits per heavy atom. The van der Waals surface area contributed by atoms with Gasteiger partial charge in [0.05, 0.1) is 0 Å². The average Bonchev–Trinajstić information content (AvgIpc) is 2.10. The van der Waals surface area contributed by atoms with Crippen molar-refractivity contribution in [2.24, 2.45) is 4.99 Å². The summed E-state index contributed by atoms with van der Waals surface area (Å²) in [6, 6.07) is 8.29. The highest BCUT2D eigenvalue weighted by Crippen LogP contribution is 2.02. The third-order valence-electron chi connectivity index (χ3n) is 1.79. The number of halogens is 1. The second kappa shape index (κ2) is 5.60. The number of rotatable bonds is 1. The van der Waals surface area contributed by atoms with Crippen LogP contribution in [0, 0.1) is 6.92 Å². The monoisotopic (exact) mass is 198 g/mol. The summed E-state index contributed by atoms with van der Waals surface area (Å²) in [7, 11) is 3.66. The van der Waals surface area contributed by atoms with E-state index in [0.717, 1.165) is 11.4 Å². The van der Waals surface area contributed by atoms with Crippen LogP contribution in [-0.2, 0) is 0 Å². The summed E-state index contributed by atoms with van der Waals surface area (Å²) in [6.07, 6.45) is 0. The van der Waals surface area contributed by atoms with Gasteiger partial charge in [0.2, 0.25) is 0 Å². The first-order chi connectivity index (χ1) is 5.77. The lowest BCUT2D eigenvalue weighted by molar-refractivity contribution is 1.15. The van der Waals surface area contributed by atoms with Gasteiger partial charge >= 0.3 is 0 Å². The molecule has 1 rings (SSSR count). The number of amidine groups is 1. The third kappa shape index (κ3) is 3.07. The standard InChI is InChI=1S/C10H14N2.ClH/c1-8-4-6-9(7-5-8)10(11-2)12-3;/h4-7H,1-3H3,(H,11,12);1H. The number of nitrogens with zero attached hydrogens (tertiary/aromatic N) is 1. The first-order valence-electron chi connectivity index (χ1n) is 3.99. The average molecular weight is 199 g/mol. The molecule has 13 heavy (non-hydrogen) atoms. The lowest BCUT2D eigenvalue weighted by Crippen LogP contribution is -2.19. The Kier molecular flexibility index (Phi) is 5.16. The summed E-state index contributed by atoms with van der Waals surface area (Å²) in [4.78, 5) is 4.11. The van der Waals surface area contributed by atoms with Crippen molar-refractivity contribution in [2.75, 3.05) is 14.1 Å². The summed E-state index contributed by atoms with van der Waals surface area (Å²) in [5, 5.41) is 3.04. The van der Waals surface area contributed by atoms with Gasteiger partial charge in [-0.3, -0.25) is 4.99 Å². The SMILES string of the molecule is CN=C(NC)c1ccc(C)cc1.Cl. The number of benzene rings is 1. The van der Waals surface area contributed by atoms with Crippen molar-refractivity contribution in [3.63, 3.8) is 0 Å². The zero-order chi connectivity index (χ0) is 8.97. The zero-order valence-electron chi connectivity index (χ0n) is 8.16. The van der Waals surface area contributed by atoms with Crippen LogP contribution in [0.2, 0.25) is 0 Å². The van der Waals surface area contributed by atoms with E-state index in [1.807, 2.05) is 7.05 Å². The van der Waals surface area contributed by atoms with Gasteiger partial charge in [0.25, 0.3) is 0 Å². The smallest absolute Gasteiger partial charge is 0.127 e. The molecule has 0 saturated carbocycles. The van der Waals surface area contributed by atoms with Gasteiger partial charge in [0.15, 0.2) is 0 Å². The first-order valence-corrected chi connectivity index (χ1v) is 3.99. The second-order valence-corrected chi connectivity index (χ2v) is 2.69. The van der Waals surface area contributed by atoms with Crippen molar-refractivity contribution in [3.8, 4) is 0 Å². The Morgan fingerprint density at radius 3 is 2.15 bits per heavy atom. The fourth-order valence-corrected chi connectivity index (χ4v) is 1.10. The molecule has 72 valence electrons. The van der Waals surface area contributed by atoms with Crippen LogP contribution in [0.4, 0.5) is 0 Å². The Balaban J connectivity index is 0.00000144. The number of aryl methyl sites for hydroxylation is 1. The van der Waals surface area contributed by atoms with Gasteiger partial charge in [0.1, 0.15) is 5.84 Å². The van der Waals surface area contributed by atoms with Crippen LogP contribution in [0.3, 0.4) is 0 Å².